The monoisotopic (exact) mass is 322 g/mol. The summed E-state index contributed by atoms with van der Waals surface area (Å²) in [5, 5.41) is 10.7. The molecule has 1 aliphatic rings. The third-order valence-corrected chi connectivity index (χ3v) is 4.58. The van der Waals surface area contributed by atoms with Gasteiger partial charge < -0.3 is 9.84 Å². The number of benzene rings is 1. The second-order valence-electron chi connectivity index (χ2n) is 5.75. The molecule has 1 unspecified atom stereocenters. The second kappa shape index (κ2) is 6.73. The molecule has 0 saturated carbocycles. The molecule has 1 aromatic heterocycles. The molecule has 3 rings (SSSR count). The van der Waals surface area contributed by atoms with E-state index in [2.05, 4.69) is 9.88 Å². The van der Waals surface area contributed by atoms with Crippen molar-refractivity contribution in [3.05, 3.63) is 46.7 Å². The van der Waals surface area contributed by atoms with Crippen LogP contribution in [0, 0.1) is 5.82 Å². The number of aromatic nitrogens is 1. The largest absolute Gasteiger partial charge is 0.491 e. The van der Waals surface area contributed by atoms with Gasteiger partial charge in [0.05, 0.1) is 5.51 Å². The number of β-amino-alcohol motifs (C(OH)–C–C–N with tert-alkyl or cyclic N) is 1. The number of thiazole rings is 1. The van der Waals surface area contributed by atoms with Gasteiger partial charge in [0.25, 0.3) is 0 Å². The Morgan fingerprint density at radius 3 is 2.91 bits per heavy atom. The summed E-state index contributed by atoms with van der Waals surface area (Å²) >= 11 is 1.63. The Kier molecular flexibility index (Phi) is 4.71. The average molecular weight is 322 g/mol. The fourth-order valence-electron chi connectivity index (χ4n) is 2.75. The number of hydrogen-bond acceptors (Lipinski definition) is 5. The van der Waals surface area contributed by atoms with Gasteiger partial charge in [0.1, 0.15) is 23.8 Å². The molecule has 2 aromatic rings. The molecule has 1 saturated heterocycles. The van der Waals surface area contributed by atoms with Crippen LogP contribution in [0.2, 0.25) is 0 Å². The Morgan fingerprint density at radius 1 is 1.36 bits per heavy atom. The van der Waals surface area contributed by atoms with Gasteiger partial charge in [0.2, 0.25) is 0 Å². The maximum atomic E-state index is 12.9. The standard InChI is InChI=1S/C16H19FN2O2S/c17-13-2-4-14(5-3-13)21-11-16(20)6-1-7-19(10-16)9-15-8-18-12-22-15/h2-5,8,12,20H,1,6-7,9-11H2. The summed E-state index contributed by atoms with van der Waals surface area (Å²) < 4.78 is 18.5. The number of hydrogen-bond donors (Lipinski definition) is 1. The summed E-state index contributed by atoms with van der Waals surface area (Å²) in [6.07, 6.45) is 3.52. The van der Waals surface area contributed by atoms with Crippen molar-refractivity contribution in [1.82, 2.24) is 9.88 Å². The van der Waals surface area contributed by atoms with Crippen LogP contribution >= 0.6 is 11.3 Å². The molecule has 1 fully saturated rings. The summed E-state index contributed by atoms with van der Waals surface area (Å²) in [7, 11) is 0. The van der Waals surface area contributed by atoms with E-state index in [0.717, 1.165) is 19.5 Å². The Morgan fingerprint density at radius 2 is 2.18 bits per heavy atom. The summed E-state index contributed by atoms with van der Waals surface area (Å²) in [5.41, 5.74) is 0.959. The minimum absolute atomic E-state index is 0.220. The van der Waals surface area contributed by atoms with Crippen molar-refractivity contribution < 1.29 is 14.2 Å². The van der Waals surface area contributed by atoms with Crippen LogP contribution in [0.3, 0.4) is 0 Å². The van der Waals surface area contributed by atoms with Gasteiger partial charge in [-0.05, 0) is 43.7 Å². The number of piperidine rings is 1. The van der Waals surface area contributed by atoms with Crippen LogP contribution in [-0.4, -0.2) is 40.3 Å². The first-order valence-electron chi connectivity index (χ1n) is 7.33. The van der Waals surface area contributed by atoms with Crippen LogP contribution < -0.4 is 4.74 Å². The third kappa shape index (κ3) is 4.03. The first kappa shape index (κ1) is 15.4. The van der Waals surface area contributed by atoms with Gasteiger partial charge in [0.15, 0.2) is 0 Å². The van der Waals surface area contributed by atoms with Crippen molar-refractivity contribution >= 4 is 11.3 Å². The normalized spacial score (nSPS) is 22.6. The van der Waals surface area contributed by atoms with Crippen molar-refractivity contribution in [3.63, 3.8) is 0 Å². The predicted octanol–water partition coefficient (Wildman–Crippen LogP) is 2.69. The highest BCUT2D eigenvalue weighted by Crippen LogP contribution is 2.24. The molecular weight excluding hydrogens is 303 g/mol. The lowest BCUT2D eigenvalue weighted by Crippen LogP contribution is -2.51. The molecule has 0 spiro atoms. The van der Waals surface area contributed by atoms with Gasteiger partial charge in [-0.25, -0.2) is 4.39 Å². The second-order valence-corrected chi connectivity index (χ2v) is 6.72. The van der Waals surface area contributed by atoms with Crippen molar-refractivity contribution in [2.24, 2.45) is 0 Å². The summed E-state index contributed by atoms with van der Waals surface area (Å²) in [4.78, 5) is 7.51. The first-order valence-corrected chi connectivity index (χ1v) is 8.21. The van der Waals surface area contributed by atoms with E-state index in [0.29, 0.717) is 18.7 Å². The molecule has 0 bridgehead atoms. The number of halogens is 1. The Balaban J connectivity index is 1.56. The number of aliphatic hydroxyl groups is 1. The minimum atomic E-state index is -0.864. The molecule has 1 N–H and O–H groups in total. The van der Waals surface area contributed by atoms with E-state index < -0.39 is 5.60 Å². The average Bonchev–Trinajstić information content (AvgIpc) is 3.00. The quantitative estimate of drug-likeness (QED) is 0.919. The summed E-state index contributed by atoms with van der Waals surface area (Å²) in [5.74, 6) is 0.286. The zero-order chi connectivity index (χ0) is 15.4. The van der Waals surface area contributed by atoms with Gasteiger partial charge >= 0.3 is 0 Å². The highest BCUT2D eigenvalue weighted by Gasteiger charge is 2.34. The van der Waals surface area contributed by atoms with E-state index in [4.69, 9.17) is 4.74 Å². The number of rotatable bonds is 5. The van der Waals surface area contributed by atoms with Gasteiger partial charge in [0, 0.05) is 24.2 Å². The molecule has 1 atom stereocenters. The molecular formula is C16H19FN2O2S. The summed E-state index contributed by atoms with van der Waals surface area (Å²) in [6.45, 7) is 2.57. The third-order valence-electron chi connectivity index (χ3n) is 3.82. The molecule has 1 aromatic carbocycles. The lowest BCUT2D eigenvalue weighted by atomic mass is 9.93. The van der Waals surface area contributed by atoms with Crippen molar-refractivity contribution in [3.8, 4) is 5.75 Å². The van der Waals surface area contributed by atoms with Crippen LogP contribution in [-0.2, 0) is 6.54 Å². The molecule has 0 amide bonds. The number of likely N-dealkylation sites (tertiary alicyclic amines) is 1. The Labute approximate surface area is 133 Å². The van der Waals surface area contributed by atoms with Crippen LogP contribution in [0.4, 0.5) is 4.39 Å². The van der Waals surface area contributed by atoms with Gasteiger partial charge in [-0.2, -0.15) is 0 Å². The van der Waals surface area contributed by atoms with Crippen LogP contribution in [0.1, 0.15) is 17.7 Å². The lowest BCUT2D eigenvalue weighted by molar-refractivity contribution is -0.0619. The zero-order valence-electron chi connectivity index (χ0n) is 12.2. The SMILES string of the molecule is OC1(COc2ccc(F)cc2)CCCN(Cc2cncs2)C1. The van der Waals surface area contributed by atoms with Gasteiger partial charge in [-0.15, -0.1) is 11.3 Å². The van der Waals surface area contributed by atoms with E-state index in [9.17, 15) is 9.50 Å². The number of ether oxygens (including phenoxy) is 1. The van der Waals surface area contributed by atoms with Crippen molar-refractivity contribution in [2.75, 3.05) is 19.7 Å². The lowest BCUT2D eigenvalue weighted by Gasteiger charge is -2.38. The first-order chi connectivity index (χ1) is 10.6. The van der Waals surface area contributed by atoms with Crippen molar-refractivity contribution in [2.45, 2.75) is 25.0 Å². The van der Waals surface area contributed by atoms with Gasteiger partial charge in [-0.1, -0.05) is 0 Å². The van der Waals surface area contributed by atoms with Crippen LogP contribution in [0.25, 0.3) is 0 Å². The molecule has 4 nitrogen and oxygen atoms in total. The maximum absolute atomic E-state index is 12.9. The summed E-state index contributed by atoms with van der Waals surface area (Å²) in [6, 6.07) is 5.87. The zero-order valence-corrected chi connectivity index (χ0v) is 13.1. The predicted molar refractivity (Wildman–Crippen MR) is 83.5 cm³/mol. The molecule has 0 aliphatic carbocycles. The van der Waals surface area contributed by atoms with E-state index in [1.165, 1.54) is 17.0 Å². The molecule has 22 heavy (non-hydrogen) atoms. The molecule has 1 aliphatic heterocycles. The minimum Gasteiger partial charge on any atom is -0.491 e. The molecule has 0 radical (unpaired) electrons. The fraction of sp³-hybridized carbons (Fsp3) is 0.438. The van der Waals surface area contributed by atoms with E-state index in [-0.39, 0.29) is 12.4 Å². The van der Waals surface area contributed by atoms with E-state index in [1.807, 2.05) is 11.7 Å². The Hall–Kier alpha value is -1.50. The van der Waals surface area contributed by atoms with Crippen LogP contribution in [0.15, 0.2) is 36.0 Å². The Bertz CT molecular complexity index is 591. The molecule has 6 heteroatoms. The molecule has 118 valence electrons. The highest BCUT2D eigenvalue weighted by molar-refractivity contribution is 7.09. The topological polar surface area (TPSA) is 45.6 Å². The van der Waals surface area contributed by atoms with Gasteiger partial charge in [-0.3, -0.25) is 9.88 Å². The maximum Gasteiger partial charge on any atom is 0.123 e. The number of nitrogens with zero attached hydrogens (tertiary/aromatic N) is 2. The smallest absolute Gasteiger partial charge is 0.123 e. The van der Waals surface area contributed by atoms with E-state index >= 15 is 0 Å². The van der Waals surface area contributed by atoms with Crippen molar-refractivity contribution in [1.29, 1.82) is 0 Å². The highest BCUT2D eigenvalue weighted by atomic mass is 32.1. The molecule has 2 heterocycles. The van der Waals surface area contributed by atoms with Crippen LogP contribution in [0.5, 0.6) is 5.75 Å². The van der Waals surface area contributed by atoms with E-state index in [1.54, 1.807) is 23.5 Å². The fourth-order valence-corrected chi connectivity index (χ4v) is 3.38.